The molecule has 0 aromatic heterocycles. The fraction of sp³-hybridized carbons (Fsp3) is 0.100. The van der Waals surface area contributed by atoms with Crippen LogP contribution in [0.3, 0.4) is 0 Å². The maximum Gasteiger partial charge on any atom is 0.166 e. The first-order valence-corrected chi connectivity index (χ1v) is 5.32. The Morgan fingerprint density at radius 1 is 1.31 bits per heavy atom. The van der Waals surface area contributed by atoms with E-state index in [4.69, 9.17) is 0 Å². The second-order valence-electron chi connectivity index (χ2n) is 2.57. The lowest BCUT2D eigenvalue weighted by atomic mass is 10.1. The number of hydrogen-bond donors (Lipinski definition) is 0. The third-order valence-corrected chi connectivity index (χ3v) is 2.43. The number of halogens is 2. The Morgan fingerprint density at radius 3 is 2.31 bits per heavy atom. The quantitative estimate of drug-likeness (QED) is 0.610. The molecule has 1 aromatic carbocycles. The number of benzene rings is 1. The molecule has 0 saturated carbocycles. The van der Waals surface area contributed by atoms with Gasteiger partial charge in [0.15, 0.2) is 5.78 Å². The number of Topliss-reactive ketones (excluding diaryl/α,β-unsaturated/α-hetero) is 1. The van der Waals surface area contributed by atoms with Gasteiger partial charge < -0.3 is 0 Å². The van der Waals surface area contributed by atoms with Crippen LogP contribution in [0.5, 0.6) is 0 Å². The van der Waals surface area contributed by atoms with Gasteiger partial charge >= 0.3 is 0 Å². The van der Waals surface area contributed by atoms with E-state index in [1.165, 1.54) is 0 Å². The lowest BCUT2D eigenvalue weighted by Gasteiger charge is -2.00. The highest BCUT2D eigenvalue weighted by Crippen LogP contribution is 2.20. The second kappa shape index (κ2) is 4.72. The third-order valence-electron chi connectivity index (χ3n) is 1.51. The maximum atomic E-state index is 11.4. The van der Waals surface area contributed by atoms with Crippen LogP contribution in [0, 0.1) is 0 Å². The van der Waals surface area contributed by atoms with E-state index in [0.717, 1.165) is 8.95 Å². The topological polar surface area (TPSA) is 17.1 Å². The number of hydrogen-bond acceptors (Lipinski definition) is 1. The van der Waals surface area contributed by atoms with E-state index in [0.29, 0.717) is 12.0 Å². The maximum absolute atomic E-state index is 11.4. The van der Waals surface area contributed by atoms with Crippen LogP contribution < -0.4 is 0 Å². The van der Waals surface area contributed by atoms with E-state index in [9.17, 15) is 4.79 Å². The van der Waals surface area contributed by atoms with Crippen molar-refractivity contribution in [2.75, 3.05) is 0 Å². The van der Waals surface area contributed by atoms with Crippen molar-refractivity contribution in [3.8, 4) is 0 Å². The van der Waals surface area contributed by atoms with Crippen LogP contribution in [0.4, 0.5) is 0 Å². The summed E-state index contributed by atoms with van der Waals surface area (Å²) in [6.45, 7) is 3.53. The average molecular weight is 304 g/mol. The lowest BCUT2D eigenvalue weighted by molar-refractivity contribution is 0.0996. The van der Waals surface area contributed by atoms with Crippen molar-refractivity contribution in [3.05, 3.63) is 45.4 Å². The minimum absolute atomic E-state index is 0.0806. The Bertz CT molecular complexity index is 325. The summed E-state index contributed by atoms with van der Waals surface area (Å²) in [5.74, 6) is 0.0806. The van der Waals surface area contributed by atoms with Crippen molar-refractivity contribution in [1.29, 1.82) is 0 Å². The van der Waals surface area contributed by atoms with Crippen LogP contribution in [0.15, 0.2) is 39.8 Å². The van der Waals surface area contributed by atoms with Crippen LogP contribution >= 0.6 is 31.9 Å². The van der Waals surface area contributed by atoms with Gasteiger partial charge in [0, 0.05) is 20.9 Å². The first-order valence-electron chi connectivity index (χ1n) is 3.73. The Balaban J connectivity index is 3.00. The van der Waals surface area contributed by atoms with Crippen LogP contribution in [-0.2, 0) is 0 Å². The summed E-state index contributed by atoms with van der Waals surface area (Å²) < 4.78 is 1.79. The Hall–Kier alpha value is -0.410. The zero-order valence-corrected chi connectivity index (χ0v) is 10.1. The largest absolute Gasteiger partial charge is 0.294 e. The Labute approximate surface area is 94.1 Å². The molecule has 1 aromatic rings. The van der Waals surface area contributed by atoms with Crippen molar-refractivity contribution < 1.29 is 4.79 Å². The fourth-order valence-electron chi connectivity index (χ4n) is 0.964. The van der Waals surface area contributed by atoms with Gasteiger partial charge in [-0.3, -0.25) is 4.79 Å². The molecule has 0 N–H and O–H groups in total. The number of carbonyl (C=O) groups excluding carboxylic acids is 1. The summed E-state index contributed by atoms with van der Waals surface area (Å²) >= 11 is 6.65. The first-order chi connectivity index (χ1) is 6.13. The zero-order valence-electron chi connectivity index (χ0n) is 6.89. The van der Waals surface area contributed by atoms with Gasteiger partial charge in [-0.15, -0.1) is 6.58 Å². The molecule has 1 rings (SSSR count). The van der Waals surface area contributed by atoms with Crippen LogP contribution in [-0.4, -0.2) is 5.78 Å². The van der Waals surface area contributed by atoms with Gasteiger partial charge in [-0.25, -0.2) is 0 Å². The van der Waals surface area contributed by atoms with E-state index in [1.807, 2.05) is 6.07 Å². The molecule has 0 radical (unpaired) electrons. The van der Waals surface area contributed by atoms with E-state index < -0.39 is 0 Å². The van der Waals surface area contributed by atoms with Gasteiger partial charge in [-0.1, -0.05) is 37.9 Å². The second-order valence-corrected chi connectivity index (χ2v) is 4.41. The highest BCUT2D eigenvalue weighted by molar-refractivity contribution is 9.11. The molecule has 0 fully saturated rings. The number of allylic oxidation sites excluding steroid dienone is 1. The molecule has 3 heteroatoms. The molecule has 0 aliphatic rings. The first kappa shape index (κ1) is 10.7. The van der Waals surface area contributed by atoms with Crippen molar-refractivity contribution in [2.45, 2.75) is 6.42 Å². The monoisotopic (exact) mass is 302 g/mol. The van der Waals surface area contributed by atoms with Gasteiger partial charge in [0.05, 0.1) is 0 Å². The number of carbonyl (C=O) groups is 1. The minimum Gasteiger partial charge on any atom is -0.294 e. The van der Waals surface area contributed by atoms with Gasteiger partial charge in [-0.05, 0) is 18.2 Å². The van der Waals surface area contributed by atoms with Crippen LogP contribution in [0.2, 0.25) is 0 Å². The fourth-order valence-corrected chi connectivity index (χ4v) is 2.26. The highest BCUT2D eigenvalue weighted by atomic mass is 79.9. The molecule has 1 nitrogen and oxygen atoms in total. The standard InChI is InChI=1S/C10H8Br2O/c1-2-3-10(13)7-4-8(11)6-9(12)5-7/h2,4-6H,1,3H2. The average Bonchev–Trinajstić information content (AvgIpc) is 2.03. The normalized spacial score (nSPS) is 9.69. The summed E-state index contributed by atoms with van der Waals surface area (Å²) in [4.78, 5) is 11.4. The number of ketones is 1. The SMILES string of the molecule is C=CCC(=O)c1cc(Br)cc(Br)c1. The third kappa shape index (κ3) is 3.08. The summed E-state index contributed by atoms with van der Waals surface area (Å²) in [5, 5.41) is 0. The van der Waals surface area contributed by atoms with Crippen molar-refractivity contribution in [1.82, 2.24) is 0 Å². The zero-order chi connectivity index (χ0) is 9.84. The number of rotatable bonds is 3. The highest BCUT2D eigenvalue weighted by Gasteiger charge is 2.05. The van der Waals surface area contributed by atoms with Crippen molar-refractivity contribution >= 4 is 37.6 Å². The molecule has 0 saturated heterocycles. The summed E-state index contributed by atoms with van der Waals surface area (Å²) in [6, 6.07) is 5.50. The predicted molar refractivity (Wildman–Crippen MR) is 61.0 cm³/mol. The molecule has 0 heterocycles. The lowest BCUT2D eigenvalue weighted by Crippen LogP contribution is -1.96. The van der Waals surface area contributed by atoms with Crippen molar-refractivity contribution in [3.63, 3.8) is 0 Å². The van der Waals surface area contributed by atoms with Gasteiger partial charge in [-0.2, -0.15) is 0 Å². The Morgan fingerprint density at radius 2 is 1.85 bits per heavy atom. The minimum atomic E-state index is 0.0806. The van der Waals surface area contributed by atoms with Crippen LogP contribution in [0.1, 0.15) is 16.8 Å². The van der Waals surface area contributed by atoms with Gasteiger partial charge in [0.1, 0.15) is 0 Å². The molecular weight excluding hydrogens is 296 g/mol. The summed E-state index contributed by atoms with van der Waals surface area (Å²) in [7, 11) is 0. The summed E-state index contributed by atoms with van der Waals surface area (Å²) in [5.41, 5.74) is 0.696. The predicted octanol–water partition coefficient (Wildman–Crippen LogP) is 3.97. The molecule has 0 amide bonds. The smallest absolute Gasteiger partial charge is 0.166 e. The van der Waals surface area contributed by atoms with Crippen LogP contribution in [0.25, 0.3) is 0 Å². The van der Waals surface area contributed by atoms with E-state index >= 15 is 0 Å². The van der Waals surface area contributed by atoms with E-state index in [2.05, 4.69) is 38.4 Å². The molecule has 0 aliphatic carbocycles. The molecule has 68 valence electrons. The molecule has 0 unspecified atom stereocenters. The molecule has 0 bridgehead atoms. The molecular formula is C10H8Br2O. The molecule has 0 aliphatic heterocycles. The molecule has 13 heavy (non-hydrogen) atoms. The summed E-state index contributed by atoms with van der Waals surface area (Å²) in [6.07, 6.45) is 1.99. The van der Waals surface area contributed by atoms with E-state index in [1.54, 1.807) is 18.2 Å². The Kier molecular flexibility index (Phi) is 3.88. The molecule has 0 atom stereocenters. The van der Waals surface area contributed by atoms with Gasteiger partial charge in [0.2, 0.25) is 0 Å². The van der Waals surface area contributed by atoms with Gasteiger partial charge in [0.25, 0.3) is 0 Å². The van der Waals surface area contributed by atoms with Crippen molar-refractivity contribution in [2.24, 2.45) is 0 Å². The van der Waals surface area contributed by atoms with E-state index in [-0.39, 0.29) is 5.78 Å². The molecule has 0 spiro atoms.